The standard InChI is InChI=1S/C11H12BrCl2NO4S2/c1-6(5-20(2)17)15-11(16)7-3-10(21(14,18)19)8(12)4-9(7)13/h3-4,6H,5H2,1-2H3,(H,15,16). The number of halogens is 3. The second-order valence-electron chi connectivity index (χ2n) is 4.31. The predicted octanol–water partition coefficient (Wildman–Crippen LogP) is 2.53. The van der Waals surface area contributed by atoms with E-state index in [0.717, 1.165) is 6.07 Å². The molecule has 1 amide bonds. The quantitative estimate of drug-likeness (QED) is 0.719. The maximum absolute atomic E-state index is 12.1. The zero-order valence-electron chi connectivity index (χ0n) is 11.0. The fraction of sp³-hybridized carbons (Fsp3) is 0.364. The largest absolute Gasteiger partial charge is 0.349 e. The Bertz CT molecular complexity index is 694. The molecule has 10 heteroatoms. The number of nitrogens with one attached hydrogen (secondary N) is 1. The van der Waals surface area contributed by atoms with E-state index in [2.05, 4.69) is 21.2 Å². The van der Waals surface area contributed by atoms with Crippen LogP contribution in [0.2, 0.25) is 5.02 Å². The Labute approximate surface area is 143 Å². The number of rotatable bonds is 5. The molecule has 1 aromatic carbocycles. The topological polar surface area (TPSA) is 80.3 Å². The summed E-state index contributed by atoms with van der Waals surface area (Å²) in [7, 11) is 0.211. The molecule has 2 atom stereocenters. The minimum absolute atomic E-state index is 0.0205. The summed E-state index contributed by atoms with van der Waals surface area (Å²) in [6.45, 7) is 1.69. The van der Waals surface area contributed by atoms with E-state index in [1.807, 2.05) is 0 Å². The zero-order valence-corrected chi connectivity index (χ0v) is 15.8. The second kappa shape index (κ2) is 7.41. The van der Waals surface area contributed by atoms with Crippen molar-refractivity contribution >= 4 is 64.0 Å². The number of carbonyl (C=O) groups excluding carboxylic acids is 1. The van der Waals surface area contributed by atoms with Gasteiger partial charge in [0.25, 0.3) is 15.0 Å². The normalized spacial score (nSPS) is 14.5. The molecule has 0 saturated carbocycles. The van der Waals surface area contributed by atoms with Gasteiger partial charge in [0, 0.05) is 44.0 Å². The lowest BCUT2D eigenvalue weighted by Crippen LogP contribution is -2.36. The smallest absolute Gasteiger partial charge is 0.262 e. The molecule has 21 heavy (non-hydrogen) atoms. The van der Waals surface area contributed by atoms with Crippen LogP contribution in [0.3, 0.4) is 0 Å². The van der Waals surface area contributed by atoms with E-state index in [1.54, 1.807) is 6.92 Å². The molecule has 0 bridgehead atoms. The van der Waals surface area contributed by atoms with Crippen molar-refractivity contribution in [3.63, 3.8) is 0 Å². The highest BCUT2D eigenvalue weighted by molar-refractivity contribution is 9.10. The van der Waals surface area contributed by atoms with Crippen LogP contribution in [0.25, 0.3) is 0 Å². The minimum Gasteiger partial charge on any atom is -0.349 e. The third kappa shape index (κ3) is 5.52. The molecule has 5 nitrogen and oxygen atoms in total. The molecular weight excluding hydrogens is 425 g/mol. The van der Waals surface area contributed by atoms with Crippen LogP contribution in [0.4, 0.5) is 0 Å². The van der Waals surface area contributed by atoms with E-state index in [4.69, 9.17) is 22.3 Å². The third-order valence-corrected chi connectivity index (χ3v) is 5.95. The van der Waals surface area contributed by atoms with Crippen molar-refractivity contribution in [1.82, 2.24) is 5.32 Å². The summed E-state index contributed by atoms with van der Waals surface area (Å²) in [5.41, 5.74) is -0.0205. The maximum Gasteiger partial charge on any atom is 0.262 e. The number of amides is 1. The van der Waals surface area contributed by atoms with Crippen LogP contribution < -0.4 is 5.32 Å². The highest BCUT2D eigenvalue weighted by Crippen LogP contribution is 2.31. The van der Waals surface area contributed by atoms with E-state index in [0.29, 0.717) is 0 Å². The molecule has 1 aromatic rings. The lowest BCUT2D eigenvalue weighted by molar-refractivity contribution is 0.0943. The summed E-state index contributed by atoms with van der Waals surface area (Å²) in [5, 5.41) is 2.67. The van der Waals surface area contributed by atoms with Gasteiger partial charge in [0.15, 0.2) is 0 Å². The lowest BCUT2D eigenvalue weighted by atomic mass is 10.2. The van der Waals surface area contributed by atoms with Crippen LogP contribution in [-0.4, -0.2) is 36.6 Å². The van der Waals surface area contributed by atoms with Gasteiger partial charge < -0.3 is 5.32 Å². The van der Waals surface area contributed by atoms with E-state index < -0.39 is 25.8 Å². The van der Waals surface area contributed by atoms with Gasteiger partial charge >= 0.3 is 0 Å². The molecule has 0 aliphatic heterocycles. The molecule has 0 aliphatic carbocycles. The van der Waals surface area contributed by atoms with Gasteiger partial charge in [-0.2, -0.15) is 0 Å². The molecule has 118 valence electrons. The molecule has 0 aromatic heterocycles. The van der Waals surface area contributed by atoms with Gasteiger partial charge in [-0.3, -0.25) is 9.00 Å². The Balaban J connectivity index is 3.13. The SMILES string of the molecule is CC(CS(C)=O)NC(=O)c1cc(S(=O)(=O)Cl)c(Br)cc1Cl. The van der Waals surface area contributed by atoms with Crippen LogP contribution in [0.5, 0.6) is 0 Å². The second-order valence-corrected chi connectivity index (χ2v) is 9.59. The van der Waals surface area contributed by atoms with Gasteiger partial charge in [0.05, 0.1) is 15.5 Å². The summed E-state index contributed by atoms with van der Waals surface area (Å²) in [6.07, 6.45) is 1.52. The molecule has 0 saturated heterocycles. The number of carbonyl (C=O) groups is 1. The molecule has 0 fully saturated rings. The molecular formula is C11H12BrCl2NO4S2. The van der Waals surface area contributed by atoms with Crippen molar-refractivity contribution in [3.05, 3.63) is 27.2 Å². The molecule has 0 spiro atoms. The van der Waals surface area contributed by atoms with E-state index in [9.17, 15) is 17.4 Å². The first-order chi connectivity index (χ1) is 9.52. The van der Waals surface area contributed by atoms with Crippen molar-refractivity contribution in [2.45, 2.75) is 17.9 Å². The van der Waals surface area contributed by atoms with E-state index in [1.165, 1.54) is 12.3 Å². The van der Waals surface area contributed by atoms with Crippen LogP contribution >= 0.6 is 38.2 Å². The van der Waals surface area contributed by atoms with Gasteiger partial charge in [0.1, 0.15) is 0 Å². The van der Waals surface area contributed by atoms with Crippen molar-refractivity contribution in [3.8, 4) is 0 Å². The average molecular weight is 437 g/mol. The molecule has 0 radical (unpaired) electrons. The predicted molar refractivity (Wildman–Crippen MR) is 88.1 cm³/mol. The average Bonchev–Trinajstić information content (AvgIpc) is 2.24. The maximum atomic E-state index is 12.1. The molecule has 2 unspecified atom stereocenters. The van der Waals surface area contributed by atoms with Crippen molar-refractivity contribution in [2.24, 2.45) is 0 Å². The van der Waals surface area contributed by atoms with E-state index in [-0.39, 0.29) is 31.7 Å². The monoisotopic (exact) mass is 435 g/mol. The Morgan fingerprint density at radius 2 is 2.05 bits per heavy atom. The van der Waals surface area contributed by atoms with E-state index >= 15 is 0 Å². The van der Waals surface area contributed by atoms with Gasteiger partial charge in [0.2, 0.25) is 0 Å². The molecule has 0 heterocycles. The first-order valence-corrected chi connectivity index (χ1v) is 10.8. The van der Waals surface area contributed by atoms with Crippen molar-refractivity contribution in [2.75, 3.05) is 12.0 Å². The molecule has 0 aliphatic rings. The Kier molecular flexibility index (Phi) is 6.67. The summed E-state index contributed by atoms with van der Waals surface area (Å²) in [4.78, 5) is 11.9. The minimum atomic E-state index is -4.02. The van der Waals surface area contributed by atoms with Gasteiger partial charge in [-0.15, -0.1) is 0 Å². The fourth-order valence-electron chi connectivity index (χ4n) is 1.59. The van der Waals surface area contributed by atoms with Gasteiger partial charge in [-0.25, -0.2) is 8.42 Å². The summed E-state index contributed by atoms with van der Waals surface area (Å²) >= 11 is 8.98. The fourth-order valence-corrected chi connectivity index (χ4v) is 4.95. The van der Waals surface area contributed by atoms with Gasteiger partial charge in [-0.05, 0) is 35.0 Å². The molecule has 1 rings (SSSR count). The summed E-state index contributed by atoms with van der Waals surface area (Å²) in [6, 6.07) is 2.03. The first kappa shape index (κ1) is 18.9. The zero-order chi connectivity index (χ0) is 16.4. The van der Waals surface area contributed by atoms with Gasteiger partial charge in [-0.1, -0.05) is 11.6 Å². The van der Waals surface area contributed by atoms with Crippen molar-refractivity contribution in [1.29, 1.82) is 0 Å². The van der Waals surface area contributed by atoms with Crippen LogP contribution in [0, 0.1) is 0 Å². The molecule has 1 N–H and O–H groups in total. The number of benzene rings is 1. The van der Waals surface area contributed by atoms with Crippen molar-refractivity contribution < 1.29 is 17.4 Å². The lowest BCUT2D eigenvalue weighted by Gasteiger charge is -2.14. The van der Waals surface area contributed by atoms with Crippen LogP contribution in [0.1, 0.15) is 17.3 Å². The van der Waals surface area contributed by atoms with Crippen LogP contribution in [-0.2, 0) is 19.9 Å². The highest BCUT2D eigenvalue weighted by atomic mass is 79.9. The summed E-state index contributed by atoms with van der Waals surface area (Å²) < 4.78 is 34.1. The Hall–Kier alpha value is -0.150. The first-order valence-electron chi connectivity index (χ1n) is 5.57. The summed E-state index contributed by atoms with van der Waals surface area (Å²) in [5.74, 6) is -0.285. The van der Waals surface area contributed by atoms with Crippen LogP contribution in [0.15, 0.2) is 21.5 Å². The third-order valence-electron chi connectivity index (χ3n) is 2.39. The Morgan fingerprint density at radius 1 is 1.48 bits per heavy atom. The highest BCUT2D eigenvalue weighted by Gasteiger charge is 2.21. The number of hydrogen-bond donors (Lipinski definition) is 1. The number of hydrogen-bond acceptors (Lipinski definition) is 4. The Morgan fingerprint density at radius 3 is 2.52 bits per heavy atom.